The Morgan fingerprint density at radius 1 is 1.50 bits per heavy atom. The monoisotopic (exact) mass is 382 g/mol. The van der Waals surface area contributed by atoms with Crippen LogP contribution in [0.3, 0.4) is 0 Å². The minimum Gasteiger partial charge on any atom is -0.491 e. The zero-order valence-corrected chi connectivity index (χ0v) is 15.8. The van der Waals surface area contributed by atoms with Gasteiger partial charge in [0.2, 0.25) is 5.95 Å². The van der Waals surface area contributed by atoms with Gasteiger partial charge < -0.3 is 9.30 Å². The highest BCUT2D eigenvalue weighted by molar-refractivity contribution is 6.03. The van der Waals surface area contributed by atoms with Crippen LogP contribution in [-0.2, 0) is 6.54 Å². The van der Waals surface area contributed by atoms with Crippen molar-refractivity contribution in [2.45, 2.75) is 39.8 Å². The zero-order valence-electron chi connectivity index (χ0n) is 15.8. The lowest BCUT2D eigenvalue weighted by Gasteiger charge is -2.15. The third-order valence-electron chi connectivity index (χ3n) is 4.91. The molecule has 0 fully saturated rings. The third-order valence-corrected chi connectivity index (χ3v) is 4.91. The highest BCUT2D eigenvalue weighted by Crippen LogP contribution is 2.36. The second kappa shape index (κ2) is 6.64. The van der Waals surface area contributed by atoms with Crippen LogP contribution in [-0.4, -0.2) is 31.8 Å². The lowest BCUT2D eigenvalue weighted by atomic mass is 10.2. The molecular formula is C19H19FN6O2. The van der Waals surface area contributed by atoms with E-state index < -0.39 is 11.7 Å². The molecule has 3 aromatic rings. The number of anilines is 1. The van der Waals surface area contributed by atoms with Crippen molar-refractivity contribution in [3.8, 4) is 11.8 Å². The molecule has 2 aromatic heterocycles. The summed E-state index contributed by atoms with van der Waals surface area (Å²) in [5.74, 6) is -0.427. The Balaban J connectivity index is 1.84. The Labute approximate surface area is 160 Å². The van der Waals surface area contributed by atoms with Gasteiger partial charge in [0.15, 0.2) is 11.5 Å². The Morgan fingerprint density at radius 3 is 3.00 bits per heavy atom. The number of halogens is 1. The van der Waals surface area contributed by atoms with Crippen LogP contribution in [0.1, 0.15) is 48.1 Å². The summed E-state index contributed by atoms with van der Waals surface area (Å²) in [5.41, 5.74) is 1.71. The number of aryl methyl sites for hydroxylation is 2. The van der Waals surface area contributed by atoms with Gasteiger partial charge in [-0.05, 0) is 26.8 Å². The standard InChI is InChI=1S/C19H19FN6O2/c1-4-25-17(15(20)11(3)24-25)18(27)23-19-22-13-7-12(9-21)8-14-16(13)26(19)10(2)5-6-28-14/h7-8,10H,4-6H2,1-3H3,(H,22,23,27)/t10-/m0/s1. The van der Waals surface area contributed by atoms with Crippen molar-refractivity contribution in [1.29, 1.82) is 5.26 Å². The van der Waals surface area contributed by atoms with E-state index in [4.69, 9.17) is 4.74 Å². The molecule has 0 radical (unpaired) electrons. The summed E-state index contributed by atoms with van der Waals surface area (Å²) in [4.78, 5) is 17.3. The summed E-state index contributed by atoms with van der Waals surface area (Å²) in [7, 11) is 0. The number of rotatable bonds is 3. The van der Waals surface area contributed by atoms with Gasteiger partial charge >= 0.3 is 0 Å². The van der Waals surface area contributed by atoms with E-state index in [2.05, 4.69) is 21.5 Å². The number of hydrogen-bond donors (Lipinski definition) is 1. The first kappa shape index (κ1) is 18.0. The second-order valence-corrected chi connectivity index (χ2v) is 6.76. The number of aromatic nitrogens is 4. The molecule has 144 valence electrons. The SMILES string of the molecule is CCn1nc(C)c(F)c1C(=O)Nc1nc2cc(C#N)cc3c2n1[C@@H](C)CCO3. The molecule has 1 aliphatic heterocycles. The van der Waals surface area contributed by atoms with E-state index in [0.29, 0.717) is 41.9 Å². The molecule has 0 aliphatic carbocycles. The molecule has 0 unspecified atom stereocenters. The Morgan fingerprint density at radius 2 is 2.29 bits per heavy atom. The van der Waals surface area contributed by atoms with E-state index in [1.807, 2.05) is 11.5 Å². The van der Waals surface area contributed by atoms with Crippen molar-refractivity contribution in [1.82, 2.24) is 19.3 Å². The first-order chi connectivity index (χ1) is 13.4. The van der Waals surface area contributed by atoms with Crippen LogP contribution >= 0.6 is 0 Å². The number of nitriles is 1. The van der Waals surface area contributed by atoms with Gasteiger partial charge in [-0.15, -0.1) is 0 Å². The van der Waals surface area contributed by atoms with Crippen LogP contribution in [0.25, 0.3) is 11.0 Å². The third kappa shape index (κ3) is 2.69. The fourth-order valence-electron chi connectivity index (χ4n) is 3.52. The number of imidazole rings is 1. The van der Waals surface area contributed by atoms with E-state index >= 15 is 0 Å². The van der Waals surface area contributed by atoms with E-state index in [1.165, 1.54) is 11.6 Å². The highest BCUT2D eigenvalue weighted by atomic mass is 19.1. The van der Waals surface area contributed by atoms with Gasteiger partial charge in [0.05, 0.1) is 29.5 Å². The molecule has 1 atom stereocenters. The van der Waals surface area contributed by atoms with Gasteiger partial charge in [0, 0.05) is 25.1 Å². The number of nitrogens with zero attached hydrogens (tertiary/aromatic N) is 5. The maximum absolute atomic E-state index is 14.4. The van der Waals surface area contributed by atoms with Gasteiger partial charge in [-0.2, -0.15) is 10.4 Å². The number of carbonyl (C=O) groups excluding carboxylic acids is 1. The van der Waals surface area contributed by atoms with Crippen LogP contribution in [0.15, 0.2) is 12.1 Å². The first-order valence-electron chi connectivity index (χ1n) is 9.07. The molecule has 1 N–H and O–H groups in total. The molecule has 1 aromatic carbocycles. The van der Waals surface area contributed by atoms with E-state index in [9.17, 15) is 14.4 Å². The number of benzene rings is 1. The van der Waals surface area contributed by atoms with Gasteiger partial charge in [-0.1, -0.05) is 0 Å². The summed E-state index contributed by atoms with van der Waals surface area (Å²) >= 11 is 0. The molecule has 3 heterocycles. The van der Waals surface area contributed by atoms with Crippen LogP contribution in [0, 0.1) is 24.1 Å². The predicted octanol–water partition coefficient (Wildman–Crippen LogP) is 3.17. The molecule has 8 nitrogen and oxygen atoms in total. The molecule has 0 bridgehead atoms. The van der Waals surface area contributed by atoms with E-state index in [0.717, 1.165) is 0 Å². The molecule has 1 aliphatic rings. The molecule has 4 rings (SSSR count). The minimum atomic E-state index is -0.643. The van der Waals surface area contributed by atoms with Crippen molar-refractivity contribution < 1.29 is 13.9 Å². The Bertz CT molecular complexity index is 1140. The summed E-state index contributed by atoms with van der Waals surface area (Å²) in [6.07, 6.45) is 0.700. The van der Waals surface area contributed by atoms with Crippen molar-refractivity contribution in [3.05, 3.63) is 34.9 Å². The Kier molecular flexibility index (Phi) is 4.26. The number of amides is 1. The van der Waals surface area contributed by atoms with Gasteiger partial charge in [-0.3, -0.25) is 14.8 Å². The first-order valence-corrected chi connectivity index (χ1v) is 9.07. The van der Waals surface area contributed by atoms with E-state index in [1.54, 1.807) is 19.1 Å². The van der Waals surface area contributed by atoms with Gasteiger partial charge in [0.1, 0.15) is 11.3 Å². The number of carbonyl (C=O) groups is 1. The summed E-state index contributed by atoms with van der Waals surface area (Å²) in [6, 6.07) is 5.40. The maximum atomic E-state index is 14.4. The summed E-state index contributed by atoms with van der Waals surface area (Å²) in [5, 5.41) is 16.0. The average molecular weight is 382 g/mol. The molecule has 0 spiro atoms. The summed E-state index contributed by atoms with van der Waals surface area (Å²) < 4.78 is 23.4. The van der Waals surface area contributed by atoms with Gasteiger partial charge in [-0.25, -0.2) is 9.37 Å². The van der Waals surface area contributed by atoms with Crippen LogP contribution in [0.2, 0.25) is 0 Å². The largest absolute Gasteiger partial charge is 0.491 e. The molecule has 0 saturated carbocycles. The van der Waals surface area contributed by atoms with Crippen molar-refractivity contribution in [2.24, 2.45) is 0 Å². The quantitative estimate of drug-likeness (QED) is 0.750. The second-order valence-electron chi connectivity index (χ2n) is 6.76. The molecule has 9 heteroatoms. The zero-order chi connectivity index (χ0) is 20.0. The average Bonchev–Trinajstić information content (AvgIpc) is 3.11. The molecular weight excluding hydrogens is 363 g/mol. The number of hydrogen-bond acceptors (Lipinski definition) is 5. The Hall–Kier alpha value is -3.41. The fraction of sp³-hybridized carbons (Fsp3) is 0.368. The molecule has 1 amide bonds. The smallest absolute Gasteiger partial charge is 0.279 e. The van der Waals surface area contributed by atoms with Crippen molar-refractivity contribution in [3.63, 3.8) is 0 Å². The predicted molar refractivity (Wildman–Crippen MR) is 99.8 cm³/mol. The van der Waals surface area contributed by atoms with Crippen LogP contribution in [0.5, 0.6) is 5.75 Å². The van der Waals surface area contributed by atoms with Crippen molar-refractivity contribution >= 4 is 22.9 Å². The van der Waals surface area contributed by atoms with Gasteiger partial charge in [0.25, 0.3) is 5.91 Å². The fourth-order valence-corrected chi connectivity index (χ4v) is 3.52. The highest BCUT2D eigenvalue weighted by Gasteiger charge is 2.27. The molecule has 28 heavy (non-hydrogen) atoms. The maximum Gasteiger partial charge on any atom is 0.279 e. The van der Waals surface area contributed by atoms with Crippen LogP contribution < -0.4 is 10.1 Å². The summed E-state index contributed by atoms with van der Waals surface area (Å²) in [6.45, 7) is 6.15. The lowest BCUT2D eigenvalue weighted by Crippen LogP contribution is -2.22. The van der Waals surface area contributed by atoms with Crippen LogP contribution in [0.4, 0.5) is 10.3 Å². The number of ether oxygens (including phenoxy) is 1. The lowest BCUT2D eigenvalue weighted by molar-refractivity contribution is 0.101. The number of nitrogens with one attached hydrogen (secondary N) is 1. The topological polar surface area (TPSA) is 97.8 Å². The van der Waals surface area contributed by atoms with Crippen molar-refractivity contribution in [2.75, 3.05) is 11.9 Å². The normalized spacial score (nSPS) is 15.8. The van der Waals surface area contributed by atoms with E-state index in [-0.39, 0.29) is 23.4 Å². The minimum absolute atomic E-state index is 0.00263. The molecule has 0 saturated heterocycles.